The van der Waals surface area contributed by atoms with Crippen LogP contribution in [0.25, 0.3) is 11.1 Å². The van der Waals surface area contributed by atoms with Gasteiger partial charge in [0, 0.05) is 31.7 Å². The number of ether oxygens (including phenoxy) is 1. The molecule has 1 saturated carbocycles. The van der Waals surface area contributed by atoms with Crippen LogP contribution in [0.5, 0.6) is 5.75 Å². The molecule has 1 saturated heterocycles. The molecule has 2 fully saturated rings. The predicted octanol–water partition coefficient (Wildman–Crippen LogP) is 5.46. The van der Waals surface area contributed by atoms with Crippen molar-refractivity contribution in [3.8, 4) is 16.9 Å². The fraction of sp³-hybridized carbons (Fsp3) is 0.429. The van der Waals surface area contributed by atoms with Gasteiger partial charge < -0.3 is 15.0 Å². The first kappa shape index (κ1) is 32.6. The Bertz CT molecular complexity index is 1550. The van der Waals surface area contributed by atoms with Crippen molar-refractivity contribution in [3.05, 3.63) is 89.7 Å². The van der Waals surface area contributed by atoms with Gasteiger partial charge in [0.05, 0.1) is 13.4 Å². The van der Waals surface area contributed by atoms with E-state index in [4.69, 9.17) is 4.74 Å². The second-order valence-electron chi connectivity index (χ2n) is 12.1. The molecule has 1 heterocycles. The lowest BCUT2D eigenvalue weighted by molar-refractivity contribution is -0.134. The van der Waals surface area contributed by atoms with Crippen LogP contribution in [0, 0.1) is 11.7 Å². The molecule has 3 aromatic rings. The number of sulfonamides is 1. The first-order valence-corrected chi connectivity index (χ1v) is 17.5. The van der Waals surface area contributed by atoms with E-state index in [9.17, 15) is 22.4 Å². The van der Waals surface area contributed by atoms with Gasteiger partial charge in [-0.25, -0.2) is 12.8 Å². The molecule has 8 nitrogen and oxygen atoms in total. The van der Waals surface area contributed by atoms with Crippen LogP contribution in [-0.2, 0) is 14.8 Å². The van der Waals surface area contributed by atoms with Gasteiger partial charge in [-0.1, -0.05) is 55.7 Å². The van der Waals surface area contributed by atoms with Crippen LogP contribution >= 0.6 is 0 Å². The molecular formula is C35H42FN3O5S. The summed E-state index contributed by atoms with van der Waals surface area (Å²) in [6, 6.07) is 21.1. The number of hydrogen-bond acceptors (Lipinski definition) is 5. The summed E-state index contributed by atoms with van der Waals surface area (Å²) in [5.41, 5.74) is 3.62. The molecule has 1 aliphatic carbocycles. The fourth-order valence-electron chi connectivity index (χ4n) is 6.17. The summed E-state index contributed by atoms with van der Waals surface area (Å²) in [7, 11) is -1.70. The highest BCUT2D eigenvalue weighted by Crippen LogP contribution is 2.50. The van der Waals surface area contributed by atoms with Crippen LogP contribution in [-0.4, -0.2) is 75.0 Å². The normalized spacial score (nSPS) is 19.1. The number of benzene rings is 3. The summed E-state index contributed by atoms with van der Waals surface area (Å²) >= 11 is 0. The van der Waals surface area contributed by atoms with E-state index in [0.717, 1.165) is 49.0 Å². The Balaban J connectivity index is 1.17. The zero-order valence-corrected chi connectivity index (χ0v) is 26.8. The van der Waals surface area contributed by atoms with Gasteiger partial charge in [0.25, 0.3) is 5.91 Å². The maximum absolute atomic E-state index is 13.6. The lowest BCUT2D eigenvalue weighted by Gasteiger charge is -2.35. The molecule has 10 heteroatoms. The molecule has 0 unspecified atom stereocenters. The molecule has 2 amide bonds. The number of methoxy groups -OCH3 is 1. The van der Waals surface area contributed by atoms with Crippen molar-refractivity contribution < 1.29 is 27.1 Å². The Morgan fingerprint density at radius 3 is 2.11 bits per heavy atom. The molecule has 45 heavy (non-hydrogen) atoms. The van der Waals surface area contributed by atoms with Crippen LogP contribution in [0.3, 0.4) is 0 Å². The molecule has 0 radical (unpaired) electrons. The Labute approximate surface area is 265 Å². The van der Waals surface area contributed by atoms with Gasteiger partial charge in [0.15, 0.2) is 0 Å². The molecule has 0 aromatic heterocycles. The largest absolute Gasteiger partial charge is 0.497 e. The molecule has 3 aromatic carbocycles. The van der Waals surface area contributed by atoms with E-state index in [1.165, 1.54) is 28.3 Å². The molecular weight excluding hydrogens is 593 g/mol. The Morgan fingerprint density at radius 2 is 1.51 bits per heavy atom. The minimum atomic E-state index is -3.32. The van der Waals surface area contributed by atoms with E-state index in [1.54, 1.807) is 24.1 Å². The quantitative estimate of drug-likeness (QED) is 0.252. The Hall–Kier alpha value is -3.76. The van der Waals surface area contributed by atoms with E-state index in [2.05, 4.69) is 5.32 Å². The van der Waals surface area contributed by atoms with E-state index >= 15 is 0 Å². The number of carbonyl (C=O) groups excluding carboxylic acids is 2. The average Bonchev–Trinajstić information content (AvgIpc) is 3.83. The third kappa shape index (κ3) is 8.70. The van der Waals surface area contributed by atoms with Gasteiger partial charge in [0.2, 0.25) is 15.9 Å². The molecule has 0 bridgehead atoms. The lowest BCUT2D eigenvalue weighted by Crippen LogP contribution is -2.55. The first-order valence-electron chi connectivity index (χ1n) is 15.7. The number of hydrogen-bond donors (Lipinski definition) is 1. The van der Waals surface area contributed by atoms with Gasteiger partial charge >= 0.3 is 0 Å². The summed E-state index contributed by atoms with van der Waals surface area (Å²) in [5, 5.41) is 2.98. The molecule has 5 rings (SSSR count). The van der Waals surface area contributed by atoms with E-state index < -0.39 is 16.1 Å². The number of rotatable bonds is 13. The summed E-state index contributed by atoms with van der Waals surface area (Å²) < 4.78 is 43.8. The standard InChI is InChI=1S/C35H42FN3O5S/c1-44-31-18-14-26(15-19-31)25-8-10-28(11-9-25)34(40)37-33(35(41)38-20-22-39(23-21-38)45(2,42)43)7-5-3-4-6-29-24-32(29)27-12-16-30(36)17-13-27/h8-19,29,32-33H,3-7,20-24H2,1-2H3,(H,37,40)/t29-,32+,33-/m0/s1. The Kier molecular flexibility index (Phi) is 10.6. The van der Waals surface area contributed by atoms with Crippen LogP contribution in [0.4, 0.5) is 4.39 Å². The molecule has 1 aliphatic heterocycles. The zero-order chi connectivity index (χ0) is 32.0. The van der Waals surface area contributed by atoms with Crippen molar-refractivity contribution in [2.75, 3.05) is 39.5 Å². The second-order valence-corrected chi connectivity index (χ2v) is 14.1. The van der Waals surface area contributed by atoms with Crippen LogP contribution in [0.1, 0.15) is 60.4 Å². The van der Waals surface area contributed by atoms with Gasteiger partial charge in [-0.2, -0.15) is 4.31 Å². The monoisotopic (exact) mass is 635 g/mol. The van der Waals surface area contributed by atoms with Crippen molar-refractivity contribution in [2.45, 2.75) is 50.5 Å². The summed E-state index contributed by atoms with van der Waals surface area (Å²) in [4.78, 5) is 28.6. The number of piperazine rings is 1. The molecule has 1 N–H and O–H groups in total. The number of carbonyl (C=O) groups is 2. The van der Waals surface area contributed by atoms with Crippen molar-refractivity contribution in [3.63, 3.8) is 0 Å². The van der Waals surface area contributed by atoms with Crippen molar-refractivity contribution >= 4 is 21.8 Å². The fourth-order valence-corrected chi connectivity index (χ4v) is 7.00. The van der Waals surface area contributed by atoms with Gasteiger partial charge in [-0.15, -0.1) is 0 Å². The number of amides is 2. The van der Waals surface area contributed by atoms with Gasteiger partial charge in [-0.05, 0) is 84.2 Å². The Morgan fingerprint density at radius 1 is 0.889 bits per heavy atom. The van der Waals surface area contributed by atoms with E-state index in [0.29, 0.717) is 36.9 Å². The van der Waals surface area contributed by atoms with Crippen LogP contribution in [0.2, 0.25) is 0 Å². The third-order valence-corrected chi connectivity index (χ3v) is 10.3. The highest BCUT2D eigenvalue weighted by atomic mass is 32.2. The molecule has 3 atom stereocenters. The van der Waals surface area contributed by atoms with Crippen molar-refractivity contribution in [1.82, 2.24) is 14.5 Å². The highest BCUT2D eigenvalue weighted by molar-refractivity contribution is 7.88. The molecule has 240 valence electrons. The highest BCUT2D eigenvalue weighted by Gasteiger charge is 2.37. The average molecular weight is 636 g/mol. The summed E-state index contributed by atoms with van der Waals surface area (Å²) in [6.45, 7) is 1.08. The summed E-state index contributed by atoms with van der Waals surface area (Å²) in [6.07, 6.45) is 6.64. The van der Waals surface area contributed by atoms with Crippen molar-refractivity contribution in [2.24, 2.45) is 5.92 Å². The SMILES string of the molecule is COc1ccc(-c2ccc(C(=O)N[C@@H](CCCCC[C@H]3C[C@@H]3c3ccc(F)cc3)C(=O)N3CCN(S(C)(=O)=O)CC3)cc2)cc1. The zero-order valence-electron chi connectivity index (χ0n) is 26.0. The number of unbranched alkanes of at least 4 members (excludes halogenated alkanes) is 2. The number of nitrogens with zero attached hydrogens (tertiary/aromatic N) is 2. The topological polar surface area (TPSA) is 96.0 Å². The first-order chi connectivity index (χ1) is 21.6. The third-order valence-electron chi connectivity index (χ3n) is 8.98. The van der Waals surface area contributed by atoms with E-state index in [1.807, 2.05) is 48.5 Å². The maximum Gasteiger partial charge on any atom is 0.251 e. The van der Waals surface area contributed by atoms with Gasteiger partial charge in [-0.3, -0.25) is 9.59 Å². The number of halogens is 1. The van der Waals surface area contributed by atoms with E-state index in [-0.39, 0.29) is 30.7 Å². The van der Waals surface area contributed by atoms with Crippen LogP contribution in [0.15, 0.2) is 72.8 Å². The molecule has 2 aliphatic rings. The van der Waals surface area contributed by atoms with Gasteiger partial charge in [0.1, 0.15) is 17.6 Å². The minimum absolute atomic E-state index is 0.176. The second kappa shape index (κ2) is 14.6. The lowest BCUT2D eigenvalue weighted by atomic mass is 10.0. The summed E-state index contributed by atoms with van der Waals surface area (Å²) in [5.74, 6) is 1.18. The predicted molar refractivity (Wildman–Crippen MR) is 173 cm³/mol. The van der Waals surface area contributed by atoms with Crippen molar-refractivity contribution in [1.29, 1.82) is 0 Å². The smallest absolute Gasteiger partial charge is 0.251 e. The minimum Gasteiger partial charge on any atom is -0.497 e. The molecule has 0 spiro atoms. The van der Waals surface area contributed by atoms with Crippen LogP contribution < -0.4 is 10.1 Å². The maximum atomic E-state index is 13.6. The number of nitrogens with one attached hydrogen (secondary N) is 1.